The molecule has 0 spiro atoms. The van der Waals surface area contributed by atoms with E-state index in [4.69, 9.17) is 9.47 Å². The van der Waals surface area contributed by atoms with Crippen LogP contribution in [0, 0.1) is 5.92 Å². The smallest absolute Gasteiger partial charge is 0.279 e. The molecular formula is C19H33N3O4S. The van der Waals surface area contributed by atoms with Gasteiger partial charge >= 0.3 is 0 Å². The maximum absolute atomic E-state index is 12.2. The third kappa shape index (κ3) is 6.64. The number of nitrogens with zero attached hydrogens (tertiary/aromatic N) is 2. The molecule has 8 heteroatoms. The number of hydrogen-bond acceptors (Lipinski definition) is 5. The minimum Gasteiger partial charge on any atom is -0.493 e. The predicted molar refractivity (Wildman–Crippen MR) is 107 cm³/mol. The van der Waals surface area contributed by atoms with Gasteiger partial charge in [-0.3, -0.25) is 4.90 Å². The van der Waals surface area contributed by atoms with Gasteiger partial charge in [0.25, 0.3) is 10.2 Å². The molecule has 1 saturated heterocycles. The zero-order valence-corrected chi connectivity index (χ0v) is 17.7. The molecule has 7 nitrogen and oxygen atoms in total. The van der Waals surface area contributed by atoms with E-state index < -0.39 is 10.2 Å². The van der Waals surface area contributed by atoms with Crippen molar-refractivity contribution >= 4 is 10.2 Å². The summed E-state index contributed by atoms with van der Waals surface area (Å²) in [6.45, 7) is 10.5. The number of nitrogens with one attached hydrogen (secondary N) is 1. The Morgan fingerprint density at radius 3 is 2.44 bits per heavy atom. The number of rotatable bonds is 10. The lowest BCUT2D eigenvalue weighted by molar-refractivity contribution is 0.180. The lowest BCUT2D eigenvalue weighted by Crippen LogP contribution is -2.51. The summed E-state index contributed by atoms with van der Waals surface area (Å²) in [7, 11) is -1.70. The Morgan fingerprint density at radius 2 is 1.85 bits per heavy atom. The Kier molecular flexibility index (Phi) is 8.34. The minimum atomic E-state index is -3.35. The van der Waals surface area contributed by atoms with Gasteiger partial charge in [0, 0.05) is 39.3 Å². The predicted octanol–water partition coefficient (Wildman–Crippen LogP) is 2.09. The summed E-state index contributed by atoms with van der Waals surface area (Å²) in [4.78, 5) is 2.26. The highest BCUT2D eigenvalue weighted by atomic mass is 32.2. The molecule has 0 unspecified atom stereocenters. The Bertz CT molecular complexity index is 686. The molecule has 1 aromatic carbocycles. The first-order valence-corrected chi connectivity index (χ1v) is 11.1. The van der Waals surface area contributed by atoms with E-state index in [9.17, 15) is 8.42 Å². The van der Waals surface area contributed by atoms with Gasteiger partial charge < -0.3 is 9.47 Å². The summed E-state index contributed by atoms with van der Waals surface area (Å²) < 4.78 is 39.8. The van der Waals surface area contributed by atoms with Crippen LogP contribution in [0.15, 0.2) is 18.2 Å². The molecule has 0 bridgehead atoms. The van der Waals surface area contributed by atoms with E-state index in [1.165, 1.54) is 4.31 Å². The van der Waals surface area contributed by atoms with Crippen molar-refractivity contribution in [3.05, 3.63) is 23.8 Å². The summed E-state index contributed by atoms with van der Waals surface area (Å²) in [6.07, 6.45) is 0.790. The lowest BCUT2D eigenvalue weighted by atomic mass is 10.1. The van der Waals surface area contributed by atoms with Gasteiger partial charge in [0.2, 0.25) is 0 Å². The molecular weight excluding hydrogens is 366 g/mol. The highest BCUT2D eigenvalue weighted by molar-refractivity contribution is 7.87. The third-order valence-corrected chi connectivity index (χ3v) is 6.03. The van der Waals surface area contributed by atoms with Crippen molar-refractivity contribution in [3.63, 3.8) is 0 Å². The molecule has 1 aromatic rings. The van der Waals surface area contributed by atoms with Crippen molar-refractivity contribution in [2.45, 2.75) is 33.7 Å². The first-order chi connectivity index (χ1) is 12.9. The Labute approximate surface area is 163 Å². The van der Waals surface area contributed by atoms with Crippen molar-refractivity contribution in [3.8, 4) is 11.5 Å². The van der Waals surface area contributed by atoms with Crippen LogP contribution < -0.4 is 14.2 Å². The molecule has 0 aromatic heterocycles. The van der Waals surface area contributed by atoms with Crippen molar-refractivity contribution in [2.24, 2.45) is 5.92 Å². The molecule has 1 aliphatic rings. The maximum Gasteiger partial charge on any atom is 0.279 e. The minimum absolute atomic E-state index is 0.453. The van der Waals surface area contributed by atoms with Gasteiger partial charge in [-0.1, -0.05) is 26.8 Å². The molecule has 1 N–H and O–H groups in total. The molecule has 0 atom stereocenters. The van der Waals surface area contributed by atoms with E-state index in [2.05, 4.69) is 23.5 Å². The second kappa shape index (κ2) is 10.3. The van der Waals surface area contributed by atoms with E-state index in [1.807, 2.05) is 25.1 Å². The SMILES string of the molecule is CCCNS(=O)(=O)N1CCN(Cc2ccc(OCC(C)C)c(OC)c2)CC1. The van der Waals surface area contributed by atoms with Crippen LogP contribution in [0.4, 0.5) is 0 Å². The number of benzene rings is 1. The van der Waals surface area contributed by atoms with Gasteiger partial charge in [-0.2, -0.15) is 12.7 Å². The van der Waals surface area contributed by atoms with Crippen LogP contribution in [0.2, 0.25) is 0 Å². The fourth-order valence-corrected chi connectivity index (χ4v) is 4.18. The van der Waals surface area contributed by atoms with Crippen LogP contribution in [0.3, 0.4) is 0 Å². The molecule has 2 rings (SSSR count). The quantitative estimate of drug-likeness (QED) is 0.652. The second-order valence-electron chi connectivity index (χ2n) is 7.26. The van der Waals surface area contributed by atoms with Gasteiger partial charge in [0.1, 0.15) is 0 Å². The molecule has 27 heavy (non-hydrogen) atoms. The topological polar surface area (TPSA) is 71.1 Å². The van der Waals surface area contributed by atoms with Crippen molar-refractivity contribution in [1.29, 1.82) is 0 Å². The van der Waals surface area contributed by atoms with Gasteiger partial charge in [0.05, 0.1) is 13.7 Å². The van der Waals surface area contributed by atoms with E-state index >= 15 is 0 Å². The fraction of sp³-hybridized carbons (Fsp3) is 0.684. The van der Waals surface area contributed by atoms with Crippen molar-refractivity contribution < 1.29 is 17.9 Å². The van der Waals surface area contributed by atoms with Gasteiger partial charge in [-0.25, -0.2) is 4.72 Å². The van der Waals surface area contributed by atoms with Gasteiger partial charge in [-0.05, 0) is 30.0 Å². The van der Waals surface area contributed by atoms with E-state index in [-0.39, 0.29) is 0 Å². The Hall–Kier alpha value is -1.35. The molecule has 1 heterocycles. The zero-order valence-electron chi connectivity index (χ0n) is 16.9. The fourth-order valence-electron chi connectivity index (χ4n) is 2.89. The lowest BCUT2D eigenvalue weighted by Gasteiger charge is -2.34. The normalized spacial score (nSPS) is 16.6. The van der Waals surface area contributed by atoms with Crippen LogP contribution in [-0.4, -0.2) is 64.1 Å². The van der Waals surface area contributed by atoms with Crippen molar-refractivity contribution in [2.75, 3.05) is 46.4 Å². The molecule has 154 valence electrons. The van der Waals surface area contributed by atoms with Crippen LogP contribution in [-0.2, 0) is 16.8 Å². The highest BCUT2D eigenvalue weighted by Crippen LogP contribution is 2.29. The average molecular weight is 400 g/mol. The van der Waals surface area contributed by atoms with Gasteiger partial charge in [-0.15, -0.1) is 0 Å². The molecule has 1 fully saturated rings. The van der Waals surface area contributed by atoms with Crippen LogP contribution in [0.5, 0.6) is 11.5 Å². The number of hydrogen-bond donors (Lipinski definition) is 1. The van der Waals surface area contributed by atoms with Crippen LogP contribution >= 0.6 is 0 Å². The number of methoxy groups -OCH3 is 1. The Morgan fingerprint density at radius 1 is 1.15 bits per heavy atom. The average Bonchev–Trinajstić information content (AvgIpc) is 2.65. The highest BCUT2D eigenvalue weighted by Gasteiger charge is 2.26. The number of ether oxygens (including phenoxy) is 2. The van der Waals surface area contributed by atoms with E-state index in [0.717, 1.165) is 30.0 Å². The summed E-state index contributed by atoms with van der Waals surface area (Å²) >= 11 is 0. The summed E-state index contributed by atoms with van der Waals surface area (Å²) in [5.74, 6) is 1.94. The van der Waals surface area contributed by atoms with Gasteiger partial charge in [0.15, 0.2) is 11.5 Å². The monoisotopic (exact) mass is 399 g/mol. The zero-order chi connectivity index (χ0) is 19.9. The standard InChI is InChI=1S/C19H33N3O4S/c1-5-8-20-27(23,24)22-11-9-21(10-12-22)14-17-6-7-18(19(13-17)25-4)26-15-16(2)3/h6-7,13,16,20H,5,8-12,14-15H2,1-4H3. The molecule has 0 radical (unpaired) electrons. The Balaban J connectivity index is 1.91. The second-order valence-corrected chi connectivity index (χ2v) is 9.02. The molecule has 1 aliphatic heterocycles. The van der Waals surface area contributed by atoms with Crippen LogP contribution in [0.1, 0.15) is 32.8 Å². The summed E-state index contributed by atoms with van der Waals surface area (Å²) in [5, 5.41) is 0. The third-order valence-electron chi connectivity index (χ3n) is 4.41. The first kappa shape index (κ1) is 21.9. The number of piperazine rings is 1. The van der Waals surface area contributed by atoms with Crippen molar-refractivity contribution in [1.82, 2.24) is 13.9 Å². The first-order valence-electron chi connectivity index (χ1n) is 9.62. The maximum atomic E-state index is 12.2. The summed E-state index contributed by atoms with van der Waals surface area (Å²) in [6, 6.07) is 6.00. The van der Waals surface area contributed by atoms with Crippen LogP contribution in [0.25, 0.3) is 0 Å². The molecule has 0 aliphatic carbocycles. The largest absolute Gasteiger partial charge is 0.493 e. The summed E-state index contributed by atoms with van der Waals surface area (Å²) in [5.41, 5.74) is 1.13. The van der Waals surface area contributed by atoms with E-state index in [0.29, 0.717) is 45.2 Å². The van der Waals surface area contributed by atoms with E-state index in [1.54, 1.807) is 7.11 Å². The molecule has 0 saturated carbocycles. The molecule has 0 amide bonds.